The van der Waals surface area contributed by atoms with E-state index in [-0.39, 0.29) is 5.54 Å². The smallest absolute Gasteiger partial charge is 0.0580 e. The molecule has 2 aliphatic heterocycles. The van der Waals surface area contributed by atoms with E-state index < -0.39 is 0 Å². The van der Waals surface area contributed by atoms with Gasteiger partial charge < -0.3 is 11.1 Å². The van der Waals surface area contributed by atoms with Gasteiger partial charge in [-0.15, -0.1) is 0 Å². The minimum absolute atomic E-state index is 0.116. The summed E-state index contributed by atoms with van der Waals surface area (Å²) in [5, 5.41) is 3.61. The van der Waals surface area contributed by atoms with Crippen LogP contribution in [0, 0.1) is 6.92 Å². The minimum atomic E-state index is -0.116. The van der Waals surface area contributed by atoms with Crippen LogP contribution in [0.2, 0.25) is 0 Å². The van der Waals surface area contributed by atoms with Gasteiger partial charge in [0.05, 0.1) is 5.54 Å². The molecule has 2 bridgehead atoms. The Balaban J connectivity index is 2.00. The van der Waals surface area contributed by atoms with Crippen LogP contribution in [0.1, 0.15) is 30.4 Å². The van der Waals surface area contributed by atoms with Crippen molar-refractivity contribution in [1.29, 1.82) is 0 Å². The summed E-state index contributed by atoms with van der Waals surface area (Å²) >= 11 is 0. The summed E-state index contributed by atoms with van der Waals surface area (Å²) < 4.78 is 0. The van der Waals surface area contributed by atoms with Crippen molar-refractivity contribution in [2.75, 3.05) is 0 Å². The number of aryl methyl sites for hydroxylation is 1. The lowest BCUT2D eigenvalue weighted by molar-refractivity contribution is 0.343. The van der Waals surface area contributed by atoms with E-state index >= 15 is 0 Å². The maximum atomic E-state index is 6.57. The van der Waals surface area contributed by atoms with Gasteiger partial charge in [0, 0.05) is 12.1 Å². The molecule has 2 heterocycles. The highest BCUT2D eigenvalue weighted by Gasteiger charge is 2.49. The molecule has 3 unspecified atom stereocenters. The van der Waals surface area contributed by atoms with Gasteiger partial charge in [0.1, 0.15) is 0 Å². The van der Waals surface area contributed by atoms with Gasteiger partial charge in [0.15, 0.2) is 0 Å². The number of rotatable bonds is 1. The molecule has 80 valence electrons. The number of fused-ring (bicyclic) bond motifs is 2. The van der Waals surface area contributed by atoms with Crippen LogP contribution in [0.3, 0.4) is 0 Å². The minimum Gasteiger partial charge on any atom is -0.320 e. The van der Waals surface area contributed by atoms with E-state index in [0.717, 1.165) is 6.42 Å². The third kappa shape index (κ3) is 1.32. The van der Waals surface area contributed by atoms with Crippen molar-refractivity contribution >= 4 is 0 Å². The summed E-state index contributed by atoms with van der Waals surface area (Å²) in [7, 11) is 0. The zero-order valence-electron chi connectivity index (χ0n) is 9.16. The van der Waals surface area contributed by atoms with Gasteiger partial charge in [-0.1, -0.05) is 29.8 Å². The highest BCUT2D eigenvalue weighted by molar-refractivity contribution is 5.33. The summed E-state index contributed by atoms with van der Waals surface area (Å²) in [6.45, 7) is 2.13. The molecule has 3 rings (SSSR count). The molecular weight excluding hydrogens is 184 g/mol. The van der Waals surface area contributed by atoms with E-state index in [0.29, 0.717) is 12.1 Å². The topological polar surface area (TPSA) is 38.0 Å². The Labute approximate surface area is 90.9 Å². The van der Waals surface area contributed by atoms with Crippen LogP contribution in [-0.4, -0.2) is 12.1 Å². The Bertz CT molecular complexity index is 388. The van der Waals surface area contributed by atoms with Crippen molar-refractivity contribution in [2.24, 2.45) is 5.73 Å². The zero-order valence-corrected chi connectivity index (χ0v) is 9.16. The van der Waals surface area contributed by atoms with Crippen molar-refractivity contribution in [1.82, 2.24) is 5.32 Å². The average molecular weight is 202 g/mol. The first-order valence-electron chi connectivity index (χ1n) is 5.80. The molecule has 2 saturated heterocycles. The number of hydrogen-bond acceptors (Lipinski definition) is 2. The van der Waals surface area contributed by atoms with Gasteiger partial charge >= 0.3 is 0 Å². The third-order valence-corrected chi connectivity index (χ3v) is 4.00. The Morgan fingerprint density at radius 2 is 2.27 bits per heavy atom. The molecule has 0 amide bonds. The van der Waals surface area contributed by atoms with Crippen molar-refractivity contribution in [3.63, 3.8) is 0 Å². The monoisotopic (exact) mass is 202 g/mol. The van der Waals surface area contributed by atoms with Gasteiger partial charge in [-0.05, 0) is 31.7 Å². The standard InChI is InChI=1S/C13H18N2/c1-9-3-2-4-10(7-9)13(14)8-11-5-6-12(13)15-11/h2-4,7,11-12,15H,5-6,8,14H2,1H3. The average Bonchev–Trinajstić information content (AvgIpc) is 2.78. The summed E-state index contributed by atoms with van der Waals surface area (Å²) in [6.07, 6.45) is 3.63. The van der Waals surface area contributed by atoms with Crippen LogP contribution in [0.4, 0.5) is 0 Å². The van der Waals surface area contributed by atoms with Gasteiger partial charge in [0.2, 0.25) is 0 Å². The van der Waals surface area contributed by atoms with E-state index in [1.807, 2.05) is 0 Å². The number of hydrogen-bond donors (Lipinski definition) is 2. The zero-order chi connectivity index (χ0) is 10.5. The van der Waals surface area contributed by atoms with Crippen LogP contribution in [0.5, 0.6) is 0 Å². The second kappa shape index (κ2) is 3.06. The Morgan fingerprint density at radius 1 is 1.40 bits per heavy atom. The predicted octanol–water partition coefficient (Wildman–Crippen LogP) is 1.67. The molecule has 0 aromatic heterocycles. The number of benzene rings is 1. The van der Waals surface area contributed by atoms with E-state index in [1.54, 1.807) is 0 Å². The lowest BCUT2D eigenvalue weighted by Gasteiger charge is -2.33. The number of nitrogens with two attached hydrogens (primary N) is 1. The van der Waals surface area contributed by atoms with Crippen LogP contribution in [-0.2, 0) is 5.54 Å². The molecule has 0 saturated carbocycles. The number of nitrogens with one attached hydrogen (secondary N) is 1. The van der Waals surface area contributed by atoms with Gasteiger partial charge in [-0.2, -0.15) is 0 Å². The molecule has 1 aromatic carbocycles. The first kappa shape index (κ1) is 9.37. The first-order valence-corrected chi connectivity index (χ1v) is 5.80. The molecule has 3 N–H and O–H groups in total. The molecule has 0 aliphatic carbocycles. The largest absolute Gasteiger partial charge is 0.320 e. The summed E-state index contributed by atoms with van der Waals surface area (Å²) in [4.78, 5) is 0. The van der Waals surface area contributed by atoms with Gasteiger partial charge in [-0.25, -0.2) is 0 Å². The van der Waals surface area contributed by atoms with Crippen LogP contribution in [0.15, 0.2) is 24.3 Å². The maximum Gasteiger partial charge on any atom is 0.0580 e. The first-order chi connectivity index (χ1) is 7.18. The van der Waals surface area contributed by atoms with Crippen LogP contribution in [0.25, 0.3) is 0 Å². The molecule has 2 aliphatic rings. The van der Waals surface area contributed by atoms with E-state index in [9.17, 15) is 0 Å². The second-order valence-corrected chi connectivity index (χ2v) is 5.11. The second-order valence-electron chi connectivity index (χ2n) is 5.11. The van der Waals surface area contributed by atoms with E-state index in [4.69, 9.17) is 5.73 Å². The Hall–Kier alpha value is -0.860. The summed E-state index contributed by atoms with van der Waals surface area (Å²) in [5.41, 5.74) is 9.07. The molecule has 0 radical (unpaired) electrons. The van der Waals surface area contributed by atoms with Crippen LogP contribution >= 0.6 is 0 Å². The molecule has 3 atom stereocenters. The van der Waals surface area contributed by atoms with Crippen molar-refractivity contribution in [3.8, 4) is 0 Å². The lowest BCUT2D eigenvalue weighted by Crippen LogP contribution is -2.47. The fourth-order valence-corrected chi connectivity index (χ4v) is 3.19. The van der Waals surface area contributed by atoms with E-state index in [1.165, 1.54) is 24.0 Å². The van der Waals surface area contributed by atoms with Gasteiger partial charge in [-0.3, -0.25) is 0 Å². The fourth-order valence-electron chi connectivity index (χ4n) is 3.19. The summed E-state index contributed by atoms with van der Waals surface area (Å²) in [5.74, 6) is 0. The lowest BCUT2D eigenvalue weighted by atomic mass is 9.77. The predicted molar refractivity (Wildman–Crippen MR) is 61.6 cm³/mol. The maximum absolute atomic E-state index is 6.57. The molecule has 2 nitrogen and oxygen atoms in total. The molecular formula is C13H18N2. The molecule has 15 heavy (non-hydrogen) atoms. The van der Waals surface area contributed by atoms with Crippen molar-refractivity contribution < 1.29 is 0 Å². The highest BCUT2D eigenvalue weighted by atomic mass is 15.1. The normalized spacial score (nSPS) is 38.5. The molecule has 0 spiro atoms. The highest BCUT2D eigenvalue weighted by Crippen LogP contribution is 2.41. The quantitative estimate of drug-likeness (QED) is 0.727. The Morgan fingerprint density at radius 3 is 2.87 bits per heavy atom. The Kier molecular flexibility index (Phi) is 1.91. The summed E-state index contributed by atoms with van der Waals surface area (Å²) in [6, 6.07) is 9.81. The fraction of sp³-hybridized carbons (Fsp3) is 0.538. The van der Waals surface area contributed by atoms with Gasteiger partial charge in [0.25, 0.3) is 0 Å². The van der Waals surface area contributed by atoms with Crippen LogP contribution < -0.4 is 11.1 Å². The van der Waals surface area contributed by atoms with Crippen molar-refractivity contribution in [2.45, 2.75) is 43.8 Å². The van der Waals surface area contributed by atoms with Crippen molar-refractivity contribution in [3.05, 3.63) is 35.4 Å². The molecule has 1 aromatic rings. The molecule has 2 fully saturated rings. The third-order valence-electron chi connectivity index (χ3n) is 4.00. The van der Waals surface area contributed by atoms with E-state index in [2.05, 4.69) is 36.5 Å². The molecule has 2 heteroatoms. The SMILES string of the molecule is Cc1cccc(C2(N)CC3CCC2N3)c1.